The SMILES string of the molecule is C[N+](C)=C1SC[C@@](C)(/C=N/O)S1. The van der Waals surface area contributed by atoms with Crippen molar-refractivity contribution in [1.29, 1.82) is 0 Å². The molecule has 0 aromatic rings. The van der Waals surface area contributed by atoms with Gasteiger partial charge >= 0.3 is 0 Å². The van der Waals surface area contributed by atoms with E-state index in [-0.39, 0.29) is 4.75 Å². The lowest BCUT2D eigenvalue weighted by molar-refractivity contribution is -0.458. The fourth-order valence-corrected chi connectivity index (χ4v) is 3.69. The first-order chi connectivity index (χ1) is 5.57. The summed E-state index contributed by atoms with van der Waals surface area (Å²) in [6.45, 7) is 2.07. The standard InChI is InChI=1S/C7H12N2OS2/c1-7(4-8-10)5-11-6(12-7)9(2)3/h4H,5H2,1-3H3/p+1/b8-4+/t7-/m1/s1. The monoisotopic (exact) mass is 205 g/mol. The summed E-state index contributed by atoms with van der Waals surface area (Å²) in [7, 11) is 4.05. The summed E-state index contributed by atoms with van der Waals surface area (Å²) < 4.78 is 3.32. The topological polar surface area (TPSA) is 35.6 Å². The Kier molecular flexibility index (Phi) is 3.06. The molecule has 3 nitrogen and oxygen atoms in total. The summed E-state index contributed by atoms with van der Waals surface area (Å²) >= 11 is 3.54. The van der Waals surface area contributed by atoms with Crippen molar-refractivity contribution >= 4 is 34.1 Å². The molecule has 1 heterocycles. The molecule has 1 atom stereocenters. The van der Waals surface area contributed by atoms with E-state index >= 15 is 0 Å². The van der Waals surface area contributed by atoms with Crippen LogP contribution in [0.5, 0.6) is 0 Å². The highest BCUT2D eigenvalue weighted by Gasteiger charge is 2.37. The molecule has 0 spiro atoms. The predicted molar refractivity (Wildman–Crippen MR) is 55.8 cm³/mol. The van der Waals surface area contributed by atoms with Gasteiger partial charge in [-0.3, -0.25) is 0 Å². The molecule has 0 aromatic carbocycles. The van der Waals surface area contributed by atoms with Gasteiger partial charge in [0.05, 0.1) is 11.0 Å². The molecule has 1 rings (SSSR count). The highest BCUT2D eigenvalue weighted by atomic mass is 32.2. The van der Waals surface area contributed by atoms with Crippen molar-refractivity contribution in [2.45, 2.75) is 11.7 Å². The van der Waals surface area contributed by atoms with Gasteiger partial charge in [0.1, 0.15) is 14.1 Å². The van der Waals surface area contributed by atoms with Gasteiger partial charge in [-0.15, -0.1) is 5.16 Å². The first-order valence-corrected chi connectivity index (χ1v) is 5.42. The average Bonchev–Trinajstić information content (AvgIpc) is 2.33. The van der Waals surface area contributed by atoms with Crippen molar-refractivity contribution in [2.75, 3.05) is 19.8 Å². The summed E-state index contributed by atoms with van der Waals surface area (Å²) in [5.41, 5.74) is 0. The number of oxime groups is 1. The molecule has 12 heavy (non-hydrogen) atoms. The third kappa shape index (κ3) is 2.17. The smallest absolute Gasteiger partial charge is 0.270 e. The van der Waals surface area contributed by atoms with Crippen LogP contribution in [0.25, 0.3) is 0 Å². The van der Waals surface area contributed by atoms with Crippen molar-refractivity contribution in [1.82, 2.24) is 0 Å². The zero-order valence-electron chi connectivity index (χ0n) is 7.44. The summed E-state index contributed by atoms with van der Waals surface area (Å²) in [4.78, 5) is 0. The minimum atomic E-state index is -0.0426. The van der Waals surface area contributed by atoms with Crippen molar-refractivity contribution in [3.63, 3.8) is 0 Å². The number of hydrogen-bond donors (Lipinski definition) is 1. The maximum atomic E-state index is 8.44. The lowest BCUT2D eigenvalue weighted by atomic mass is 10.2. The molecule has 1 aliphatic rings. The van der Waals surface area contributed by atoms with Crippen molar-refractivity contribution in [3.05, 3.63) is 0 Å². The summed E-state index contributed by atoms with van der Waals surface area (Å²) in [6, 6.07) is 0. The van der Waals surface area contributed by atoms with Gasteiger partial charge < -0.3 is 5.21 Å². The van der Waals surface area contributed by atoms with Gasteiger partial charge in [-0.05, 0) is 30.4 Å². The Morgan fingerprint density at radius 3 is 2.75 bits per heavy atom. The van der Waals surface area contributed by atoms with Crippen LogP contribution >= 0.6 is 23.5 Å². The number of rotatable bonds is 1. The summed E-state index contributed by atoms with van der Waals surface area (Å²) in [6.07, 6.45) is 1.60. The van der Waals surface area contributed by atoms with E-state index in [0.717, 1.165) is 5.75 Å². The maximum Gasteiger partial charge on any atom is 0.270 e. The van der Waals surface area contributed by atoms with Gasteiger partial charge in [0.25, 0.3) is 4.38 Å². The molecule has 5 heteroatoms. The zero-order valence-corrected chi connectivity index (χ0v) is 9.08. The summed E-state index contributed by atoms with van der Waals surface area (Å²) in [5.74, 6) is 0.968. The zero-order chi connectivity index (χ0) is 9.19. The van der Waals surface area contributed by atoms with Gasteiger partial charge in [-0.1, -0.05) is 0 Å². The molecule has 1 N–H and O–H groups in total. The second-order valence-electron chi connectivity index (χ2n) is 3.11. The van der Waals surface area contributed by atoms with E-state index in [9.17, 15) is 0 Å². The first-order valence-electron chi connectivity index (χ1n) is 3.62. The van der Waals surface area contributed by atoms with E-state index in [2.05, 4.69) is 16.7 Å². The van der Waals surface area contributed by atoms with Crippen LogP contribution in [-0.4, -0.2) is 45.0 Å². The molecule has 0 bridgehead atoms. The Morgan fingerprint density at radius 2 is 2.33 bits per heavy atom. The van der Waals surface area contributed by atoms with E-state index in [0.29, 0.717) is 0 Å². The number of thioether (sulfide) groups is 2. The summed E-state index contributed by atoms with van der Waals surface area (Å²) in [5, 5.41) is 11.5. The molecule has 0 saturated carbocycles. The van der Waals surface area contributed by atoms with Crippen molar-refractivity contribution in [2.24, 2.45) is 5.16 Å². The fraction of sp³-hybridized carbons (Fsp3) is 0.714. The van der Waals surface area contributed by atoms with E-state index in [1.165, 1.54) is 4.38 Å². The third-order valence-electron chi connectivity index (χ3n) is 1.50. The third-order valence-corrected chi connectivity index (χ3v) is 4.90. The van der Waals surface area contributed by atoms with Gasteiger partial charge in [0, 0.05) is 5.75 Å². The molecule has 0 radical (unpaired) electrons. The lowest BCUT2D eigenvalue weighted by Gasteiger charge is -2.10. The predicted octanol–water partition coefficient (Wildman–Crippen LogP) is 1.31. The minimum Gasteiger partial charge on any atom is -0.411 e. The molecule has 68 valence electrons. The van der Waals surface area contributed by atoms with Crippen LogP contribution < -0.4 is 0 Å². The highest BCUT2D eigenvalue weighted by molar-refractivity contribution is 8.42. The van der Waals surface area contributed by atoms with E-state index < -0.39 is 0 Å². The quantitative estimate of drug-likeness (QED) is 0.303. The highest BCUT2D eigenvalue weighted by Crippen LogP contribution is 2.40. The van der Waals surface area contributed by atoms with E-state index in [4.69, 9.17) is 5.21 Å². The van der Waals surface area contributed by atoms with Crippen LogP contribution in [0.2, 0.25) is 0 Å². The largest absolute Gasteiger partial charge is 0.411 e. The van der Waals surface area contributed by atoms with Crippen molar-refractivity contribution < 1.29 is 9.78 Å². The van der Waals surface area contributed by atoms with Crippen LogP contribution in [0, 0.1) is 0 Å². The minimum absolute atomic E-state index is 0.0426. The average molecular weight is 205 g/mol. The molecule has 0 amide bonds. The maximum absolute atomic E-state index is 8.44. The second kappa shape index (κ2) is 3.70. The van der Waals surface area contributed by atoms with Crippen molar-refractivity contribution in [3.8, 4) is 0 Å². The molecular formula is C7H13N2OS2+. The van der Waals surface area contributed by atoms with Crippen LogP contribution in [0.1, 0.15) is 6.92 Å². The van der Waals surface area contributed by atoms with Gasteiger partial charge in [-0.25, -0.2) is 4.58 Å². The molecular weight excluding hydrogens is 192 g/mol. The van der Waals surface area contributed by atoms with Crippen LogP contribution in [0.3, 0.4) is 0 Å². The molecule has 0 aliphatic carbocycles. The fourth-order valence-electron chi connectivity index (χ4n) is 0.870. The Morgan fingerprint density at radius 1 is 1.67 bits per heavy atom. The molecule has 1 fully saturated rings. The van der Waals surface area contributed by atoms with E-state index in [1.54, 1.807) is 29.7 Å². The Labute approximate surface area is 80.9 Å². The number of hydrogen-bond acceptors (Lipinski definition) is 4. The first kappa shape index (κ1) is 9.92. The Balaban J connectivity index is 2.73. The van der Waals surface area contributed by atoms with Gasteiger partial charge in [0.15, 0.2) is 0 Å². The van der Waals surface area contributed by atoms with Gasteiger partial charge in [-0.2, -0.15) is 0 Å². The Hall–Kier alpha value is -0.160. The van der Waals surface area contributed by atoms with E-state index in [1.807, 2.05) is 14.1 Å². The molecule has 0 unspecified atom stereocenters. The molecule has 0 aromatic heterocycles. The number of nitrogens with zero attached hydrogens (tertiary/aromatic N) is 2. The molecule has 1 saturated heterocycles. The van der Waals surface area contributed by atoms with Crippen LogP contribution in [-0.2, 0) is 0 Å². The van der Waals surface area contributed by atoms with Gasteiger partial charge in [0.2, 0.25) is 0 Å². The normalized spacial score (nSPS) is 30.1. The second-order valence-corrected chi connectivity index (χ2v) is 5.85. The Bertz CT molecular complexity index is 236. The lowest BCUT2D eigenvalue weighted by Crippen LogP contribution is -2.21. The molecule has 1 aliphatic heterocycles. The van der Waals surface area contributed by atoms with Crippen LogP contribution in [0.15, 0.2) is 5.16 Å². The van der Waals surface area contributed by atoms with Crippen LogP contribution in [0.4, 0.5) is 0 Å².